The van der Waals surface area contributed by atoms with Crippen LogP contribution >= 0.6 is 0 Å². The highest BCUT2D eigenvalue weighted by molar-refractivity contribution is 5.32. The zero-order valence-corrected chi connectivity index (χ0v) is 8.50. The molecule has 1 N–H and O–H groups in total. The molecule has 1 fully saturated rings. The number of rotatable bonds is 2. The number of aryl methyl sites for hydroxylation is 1. The molecule has 0 aliphatic heterocycles. The molecule has 1 saturated carbocycles. The SMILES string of the molecule is c1ccc2c(c1)CCC[C@H]2NC1CC1. The fraction of sp³-hybridized carbons (Fsp3) is 0.538. The Morgan fingerprint density at radius 1 is 1.07 bits per heavy atom. The average molecular weight is 187 g/mol. The van der Waals surface area contributed by atoms with Crippen molar-refractivity contribution in [3.8, 4) is 0 Å². The van der Waals surface area contributed by atoms with Gasteiger partial charge in [0, 0.05) is 12.1 Å². The maximum Gasteiger partial charge on any atom is 0.0325 e. The van der Waals surface area contributed by atoms with Crippen LogP contribution in [0.4, 0.5) is 0 Å². The van der Waals surface area contributed by atoms with Crippen molar-refractivity contribution in [2.75, 3.05) is 0 Å². The number of fused-ring (bicyclic) bond motifs is 1. The predicted octanol–water partition coefficient (Wildman–Crippen LogP) is 2.82. The quantitative estimate of drug-likeness (QED) is 0.750. The normalized spacial score (nSPS) is 25.9. The van der Waals surface area contributed by atoms with Gasteiger partial charge in [-0.1, -0.05) is 24.3 Å². The number of hydrogen-bond acceptors (Lipinski definition) is 1. The summed E-state index contributed by atoms with van der Waals surface area (Å²) in [5, 5.41) is 3.75. The Kier molecular flexibility index (Phi) is 2.06. The summed E-state index contributed by atoms with van der Waals surface area (Å²) >= 11 is 0. The Morgan fingerprint density at radius 3 is 2.79 bits per heavy atom. The molecule has 2 aliphatic rings. The van der Waals surface area contributed by atoms with Crippen molar-refractivity contribution in [3.05, 3.63) is 35.4 Å². The highest BCUT2D eigenvalue weighted by atomic mass is 15.0. The van der Waals surface area contributed by atoms with Crippen LogP contribution in [0.3, 0.4) is 0 Å². The summed E-state index contributed by atoms with van der Waals surface area (Å²) in [6.07, 6.45) is 6.73. The summed E-state index contributed by atoms with van der Waals surface area (Å²) in [4.78, 5) is 0. The summed E-state index contributed by atoms with van der Waals surface area (Å²) in [5.41, 5.74) is 3.13. The summed E-state index contributed by atoms with van der Waals surface area (Å²) in [6.45, 7) is 0. The van der Waals surface area contributed by atoms with Crippen LogP contribution in [0.5, 0.6) is 0 Å². The van der Waals surface area contributed by atoms with Crippen molar-refractivity contribution >= 4 is 0 Å². The monoisotopic (exact) mass is 187 g/mol. The molecule has 0 bridgehead atoms. The Labute approximate surface area is 85.5 Å². The third kappa shape index (κ3) is 1.57. The third-order valence-corrected chi connectivity index (χ3v) is 3.38. The maximum absolute atomic E-state index is 3.75. The lowest BCUT2D eigenvalue weighted by Gasteiger charge is -2.26. The topological polar surface area (TPSA) is 12.0 Å². The van der Waals surface area contributed by atoms with Gasteiger partial charge in [0.15, 0.2) is 0 Å². The van der Waals surface area contributed by atoms with E-state index in [0.717, 1.165) is 6.04 Å². The van der Waals surface area contributed by atoms with Gasteiger partial charge in [-0.25, -0.2) is 0 Å². The smallest absolute Gasteiger partial charge is 0.0325 e. The van der Waals surface area contributed by atoms with Crippen molar-refractivity contribution in [3.63, 3.8) is 0 Å². The Bertz CT molecular complexity index is 328. The lowest BCUT2D eigenvalue weighted by atomic mass is 9.88. The molecule has 0 amide bonds. The van der Waals surface area contributed by atoms with Gasteiger partial charge in [0.1, 0.15) is 0 Å². The molecule has 2 aliphatic carbocycles. The molecule has 14 heavy (non-hydrogen) atoms. The minimum atomic E-state index is 0.646. The van der Waals surface area contributed by atoms with Crippen LogP contribution in [0.15, 0.2) is 24.3 Å². The van der Waals surface area contributed by atoms with E-state index in [9.17, 15) is 0 Å². The second-order valence-corrected chi connectivity index (χ2v) is 4.58. The third-order valence-electron chi connectivity index (χ3n) is 3.38. The predicted molar refractivity (Wildman–Crippen MR) is 58.3 cm³/mol. The van der Waals surface area contributed by atoms with E-state index in [2.05, 4.69) is 29.6 Å². The lowest BCUT2D eigenvalue weighted by molar-refractivity contribution is 0.457. The molecule has 0 aromatic heterocycles. The molecule has 1 aromatic carbocycles. The van der Waals surface area contributed by atoms with E-state index in [1.165, 1.54) is 32.1 Å². The minimum Gasteiger partial charge on any atom is -0.307 e. The fourth-order valence-electron chi connectivity index (χ4n) is 2.46. The molecule has 1 aromatic rings. The van der Waals surface area contributed by atoms with Crippen molar-refractivity contribution in [2.45, 2.75) is 44.2 Å². The molecule has 74 valence electrons. The first-order valence-electron chi connectivity index (χ1n) is 5.77. The van der Waals surface area contributed by atoms with Gasteiger partial charge in [-0.2, -0.15) is 0 Å². The van der Waals surface area contributed by atoms with Gasteiger partial charge in [-0.05, 0) is 43.2 Å². The molecule has 0 unspecified atom stereocenters. The van der Waals surface area contributed by atoms with Crippen molar-refractivity contribution < 1.29 is 0 Å². The molecular formula is C13H17N. The first-order chi connectivity index (χ1) is 6.93. The first kappa shape index (κ1) is 8.49. The molecular weight excluding hydrogens is 170 g/mol. The van der Waals surface area contributed by atoms with Gasteiger partial charge in [-0.15, -0.1) is 0 Å². The van der Waals surface area contributed by atoms with Crippen LogP contribution in [0.25, 0.3) is 0 Å². The standard InChI is InChI=1S/C13H17N/c1-2-6-12-10(4-1)5-3-7-13(12)14-11-8-9-11/h1-2,4,6,11,13-14H,3,5,7-9H2/t13-/m1/s1. The van der Waals surface area contributed by atoms with Crippen molar-refractivity contribution in [1.82, 2.24) is 5.32 Å². The van der Waals surface area contributed by atoms with Crippen LogP contribution in [0.2, 0.25) is 0 Å². The second kappa shape index (κ2) is 3.39. The van der Waals surface area contributed by atoms with E-state index >= 15 is 0 Å². The molecule has 0 radical (unpaired) electrons. The first-order valence-corrected chi connectivity index (χ1v) is 5.77. The zero-order valence-electron chi connectivity index (χ0n) is 8.50. The van der Waals surface area contributed by atoms with Crippen LogP contribution < -0.4 is 5.32 Å². The summed E-state index contributed by atoms with van der Waals surface area (Å²) in [5.74, 6) is 0. The van der Waals surface area contributed by atoms with Gasteiger partial charge < -0.3 is 5.32 Å². The molecule has 0 heterocycles. The highest BCUT2D eigenvalue weighted by Gasteiger charge is 2.27. The van der Waals surface area contributed by atoms with Crippen molar-refractivity contribution in [1.29, 1.82) is 0 Å². The molecule has 1 nitrogen and oxygen atoms in total. The lowest BCUT2D eigenvalue weighted by Crippen LogP contribution is -2.26. The molecule has 3 rings (SSSR count). The number of nitrogens with one attached hydrogen (secondary N) is 1. The Morgan fingerprint density at radius 2 is 1.93 bits per heavy atom. The molecule has 1 atom stereocenters. The van der Waals surface area contributed by atoms with E-state index in [0.29, 0.717) is 6.04 Å². The van der Waals surface area contributed by atoms with Crippen LogP contribution in [0.1, 0.15) is 42.9 Å². The Balaban J connectivity index is 1.85. The van der Waals surface area contributed by atoms with Crippen LogP contribution in [-0.4, -0.2) is 6.04 Å². The van der Waals surface area contributed by atoms with Gasteiger partial charge in [-0.3, -0.25) is 0 Å². The molecule has 0 spiro atoms. The fourth-order valence-corrected chi connectivity index (χ4v) is 2.46. The largest absolute Gasteiger partial charge is 0.307 e. The molecule has 0 saturated heterocycles. The van der Waals surface area contributed by atoms with Gasteiger partial charge in [0.25, 0.3) is 0 Å². The summed E-state index contributed by atoms with van der Waals surface area (Å²) in [7, 11) is 0. The summed E-state index contributed by atoms with van der Waals surface area (Å²) < 4.78 is 0. The van der Waals surface area contributed by atoms with Crippen molar-refractivity contribution in [2.24, 2.45) is 0 Å². The molecule has 1 heteroatoms. The summed E-state index contributed by atoms with van der Waals surface area (Å²) in [6, 6.07) is 10.4. The minimum absolute atomic E-state index is 0.646. The number of benzene rings is 1. The van der Waals surface area contributed by atoms with Crippen LogP contribution in [0, 0.1) is 0 Å². The van der Waals surface area contributed by atoms with Gasteiger partial charge in [0.2, 0.25) is 0 Å². The Hall–Kier alpha value is -0.820. The van der Waals surface area contributed by atoms with Gasteiger partial charge in [0.05, 0.1) is 0 Å². The van der Waals surface area contributed by atoms with E-state index in [-0.39, 0.29) is 0 Å². The zero-order chi connectivity index (χ0) is 9.38. The van der Waals surface area contributed by atoms with E-state index in [4.69, 9.17) is 0 Å². The maximum atomic E-state index is 3.75. The highest BCUT2D eigenvalue weighted by Crippen LogP contribution is 2.32. The van der Waals surface area contributed by atoms with Crippen LogP contribution in [-0.2, 0) is 6.42 Å². The number of hydrogen-bond donors (Lipinski definition) is 1. The van der Waals surface area contributed by atoms with E-state index in [1.54, 1.807) is 11.1 Å². The van der Waals surface area contributed by atoms with E-state index in [1.807, 2.05) is 0 Å². The van der Waals surface area contributed by atoms with E-state index < -0.39 is 0 Å². The average Bonchev–Trinajstić information content (AvgIpc) is 3.03. The second-order valence-electron chi connectivity index (χ2n) is 4.58. The van der Waals surface area contributed by atoms with Gasteiger partial charge >= 0.3 is 0 Å².